The zero-order valence-corrected chi connectivity index (χ0v) is 12.8. The fourth-order valence-electron chi connectivity index (χ4n) is 2.63. The number of methoxy groups -OCH3 is 2. The topological polar surface area (TPSA) is 18.5 Å². The monoisotopic (exact) mass is 250 g/mol. The minimum atomic E-state index is 0.0973. The van der Waals surface area contributed by atoms with Crippen LogP contribution in [-0.4, -0.2) is 14.2 Å². The van der Waals surface area contributed by atoms with Crippen LogP contribution in [0.3, 0.4) is 0 Å². The largest absolute Gasteiger partial charge is 0.497 e. The molecular weight excluding hydrogens is 224 g/mol. The van der Waals surface area contributed by atoms with Gasteiger partial charge in [0.2, 0.25) is 0 Å². The van der Waals surface area contributed by atoms with Crippen molar-refractivity contribution in [3.8, 4) is 11.5 Å². The van der Waals surface area contributed by atoms with Crippen molar-refractivity contribution >= 4 is 0 Å². The van der Waals surface area contributed by atoms with E-state index in [-0.39, 0.29) is 5.41 Å². The molecule has 1 aromatic rings. The fraction of sp³-hybridized carbons (Fsp3) is 0.625. The third-order valence-electron chi connectivity index (χ3n) is 3.11. The zero-order chi connectivity index (χ0) is 14.0. The first-order valence-corrected chi connectivity index (χ1v) is 6.41. The number of ether oxygens (including phenoxy) is 2. The highest BCUT2D eigenvalue weighted by atomic mass is 16.5. The van der Waals surface area contributed by atoms with Crippen molar-refractivity contribution in [1.82, 2.24) is 0 Å². The third-order valence-corrected chi connectivity index (χ3v) is 3.11. The van der Waals surface area contributed by atoms with E-state index in [0.717, 1.165) is 17.9 Å². The Morgan fingerprint density at radius 2 is 1.28 bits per heavy atom. The molecule has 102 valence electrons. The number of hydrogen-bond acceptors (Lipinski definition) is 2. The summed E-state index contributed by atoms with van der Waals surface area (Å²) < 4.78 is 10.7. The van der Waals surface area contributed by atoms with Gasteiger partial charge in [0.15, 0.2) is 0 Å². The van der Waals surface area contributed by atoms with E-state index in [1.807, 2.05) is 6.07 Å². The molecule has 0 fully saturated rings. The van der Waals surface area contributed by atoms with Gasteiger partial charge in [0.05, 0.1) is 14.2 Å². The van der Waals surface area contributed by atoms with Crippen molar-refractivity contribution < 1.29 is 9.47 Å². The molecule has 0 radical (unpaired) electrons. The minimum Gasteiger partial charge on any atom is -0.497 e. The lowest BCUT2D eigenvalue weighted by Crippen LogP contribution is -2.24. The van der Waals surface area contributed by atoms with Crippen LogP contribution in [0.25, 0.3) is 0 Å². The SMILES string of the molecule is COc1cc(OC)cc(C(C)(C)CC(C)(C)C)c1. The highest BCUT2D eigenvalue weighted by molar-refractivity contribution is 5.41. The molecule has 0 aromatic heterocycles. The van der Waals surface area contributed by atoms with Gasteiger partial charge < -0.3 is 9.47 Å². The van der Waals surface area contributed by atoms with Crippen LogP contribution in [0.4, 0.5) is 0 Å². The molecule has 2 nitrogen and oxygen atoms in total. The predicted octanol–water partition coefficient (Wildman–Crippen LogP) is 4.42. The van der Waals surface area contributed by atoms with Gasteiger partial charge in [0, 0.05) is 6.07 Å². The molecule has 0 bridgehead atoms. The summed E-state index contributed by atoms with van der Waals surface area (Å²) in [6, 6.07) is 6.12. The smallest absolute Gasteiger partial charge is 0.122 e. The standard InChI is InChI=1S/C16H26O2/c1-15(2,3)11-16(4,5)12-8-13(17-6)10-14(9-12)18-7/h8-10H,11H2,1-7H3. The van der Waals surface area contributed by atoms with Gasteiger partial charge in [-0.05, 0) is 34.9 Å². The van der Waals surface area contributed by atoms with Crippen LogP contribution in [0.2, 0.25) is 0 Å². The second-order valence-corrected chi connectivity index (χ2v) is 6.72. The third kappa shape index (κ3) is 3.94. The molecule has 0 aliphatic heterocycles. The summed E-state index contributed by atoms with van der Waals surface area (Å²) in [6.07, 6.45) is 1.11. The predicted molar refractivity (Wildman–Crippen MR) is 76.6 cm³/mol. The molecule has 0 spiro atoms. The summed E-state index contributed by atoms with van der Waals surface area (Å²) in [6.45, 7) is 11.4. The summed E-state index contributed by atoms with van der Waals surface area (Å²) in [5, 5.41) is 0. The van der Waals surface area contributed by atoms with Gasteiger partial charge in [-0.25, -0.2) is 0 Å². The quantitative estimate of drug-likeness (QED) is 0.787. The Hall–Kier alpha value is -1.18. The van der Waals surface area contributed by atoms with Crippen molar-refractivity contribution in [3.63, 3.8) is 0 Å². The van der Waals surface area contributed by atoms with E-state index < -0.39 is 0 Å². The van der Waals surface area contributed by atoms with Gasteiger partial charge in [-0.1, -0.05) is 34.6 Å². The second kappa shape index (κ2) is 5.21. The highest BCUT2D eigenvalue weighted by Gasteiger charge is 2.28. The van der Waals surface area contributed by atoms with E-state index in [1.54, 1.807) is 14.2 Å². The van der Waals surface area contributed by atoms with Crippen molar-refractivity contribution in [3.05, 3.63) is 23.8 Å². The van der Waals surface area contributed by atoms with E-state index in [4.69, 9.17) is 9.47 Å². The van der Waals surface area contributed by atoms with Crippen LogP contribution >= 0.6 is 0 Å². The molecule has 0 saturated heterocycles. The van der Waals surface area contributed by atoms with Gasteiger partial charge in [-0.2, -0.15) is 0 Å². The zero-order valence-electron chi connectivity index (χ0n) is 12.8. The Morgan fingerprint density at radius 3 is 1.61 bits per heavy atom. The van der Waals surface area contributed by atoms with E-state index in [0.29, 0.717) is 5.41 Å². The average molecular weight is 250 g/mol. The molecule has 0 N–H and O–H groups in total. The highest BCUT2D eigenvalue weighted by Crippen LogP contribution is 2.38. The first kappa shape index (κ1) is 14.9. The summed E-state index contributed by atoms with van der Waals surface area (Å²) in [7, 11) is 3.38. The normalized spacial score (nSPS) is 12.4. The molecule has 0 saturated carbocycles. The fourth-order valence-corrected chi connectivity index (χ4v) is 2.63. The molecule has 0 atom stereocenters. The molecule has 1 aromatic carbocycles. The number of hydrogen-bond donors (Lipinski definition) is 0. The molecule has 18 heavy (non-hydrogen) atoms. The van der Waals surface area contributed by atoms with Gasteiger partial charge >= 0.3 is 0 Å². The van der Waals surface area contributed by atoms with Crippen molar-refractivity contribution in [2.45, 2.75) is 46.5 Å². The van der Waals surface area contributed by atoms with Gasteiger partial charge in [0.25, 0.3) is 0 Å². The summed E-state index contributed by atoms with van der Waals surface area (Å²) in [5.74, 6) is 1.71. The maximum Gasteiger partial charge on any atom is 0.122 e. The molecule has 2 heteroatoms. The van der Waals surface area contributed by atoms with Gasteiger partial charge in [0.1, 0.15) is 11.5 Å². The van der Waals surface area contributed by atoms with E-state index in [2.05, 4.69) is 46.8 Å². The molecular formula is C16H26O2. The first-order valence-electron chi connectivity index (χ1n) is 6.41. The summed E-state index contributed by atoms with van der Waals surface area (Å²) >= 11 is 0. The van der Waals surface area contributed by atoms with Crippen LogP contribution in [0, 0.1) is 5.41 Å². The van der Waals surface area contributed by atoms with Crippen molar-refractivity contribution in [2.24, 2.45) is 5.41 Å². The molecule has 0 heterocycles. The average Bonchev–Trinajstić information content (AvgIpc) is 2.25. The summed E-state index contributed by atoms with van der Waals surface area (Å²) in [4.78, 5) is 0. The van der Waals surface area contributed by atoms with E-state index >= 15 is 0 Å². The lowest BCUT2D eigenvalue weighted by atomic mass is 9.72. The van der Waals surface area contributed by atoms with Crippen molar-refractivity contribution in [2.75, 3.05) is 14.2 Å². The van der Waals surface area contributed by atoms with Crippen LogP contribution in [0.15, 0.2) is 18.2 Å². The first-order chi connectivity index (χ1) is 8.18. The molecule has 0 aliphatic rings. The Balaban J connectivity index is 3.14. The lowest BCUT2D eigenvalue weighted by molar-refractivity contribution is 0.282. The van der Waals surface area contributed by atoms with Gasteiger partial charge in [-0.3, -0.25) is 0 Å². The maximum atomic E-state index is 5.34. The Kier molecular flexibility index (Phi) is 4.31. The van der Waals surface area contributed by atoms with Gasteiger partial charge in [-0.15, -0.1) is 0 Å². The van der Waals surface area contributed by atoms with Crippen LogP contribution in [-0.2, 0) is 5.41 Å². The number of benzene rings is 1. The molecule has 1 rings (SSSR count). The van der Waals surface area contributed by atoms with E-state index in [9.17, 15) is 0 Å². The van der Waals surface area contributed by atoms with Crippen LogP contribution < -0.4 is 9.47 Å². The lowest BCUT2D eigenvalue weighted by Gasteiger charge is -2.33. The van der Waals surface area contributed by atoms with Crippen LogP contribution in [0.1, 0.15) is 46.6 Å². The Labute approximate surface area is 111 Å². The molecule has 0 amide bonds. The van der Waals surface area contributed by atoms with Crippen molar-refractivity contribution in [1.29, 1.82) is 0 Å². The van der Waals surface area contributed by atoms with E-state index in [1.165, 1.54) is 5.56 Å². The Morgan fingerprint density at radius 1 is 0.833 bits per heavy atom. The Bertz CT molecular complexity index is 378. The molecule has 0 aliphatic carbocycles. The number of rotatable bonds is 4. The minimum absolute atomic E-state index is 0.0973. The second-order valence-electron chi connectivity index (χ2n) is 6.72. The van der Waals surface area contributed by atoms with Crippen LogP contribution in [0.5, 0.6) is 11.5 Å². The maximum absolute atomic E-state index is 5.34. The molecule has 0 unspecified atom stereocenters. The summed E-state index contributed by atoms with van der Waals surface area (Å²) in [5.41, 5.74) is 1.65.